The summed E-state index contributed by atoms with van der Waals surface area (Å²) in [6.07, 6.45) is 2.61. The van der Waals surface area contributed by atoms with Crippen molar-refractivity contribution >= 4 is 11.6 Å². The molecule has 5 heteroatoms. The Morgan fingerprint density at radius 1 is 1.43 bits per heavy atom. The van der Waals surface area contributed by atoms with Crippen LogP contribution in [-0.4, -0.2) is 44.2 Å². The van der Waals surface area contributed by atoms with Crippen LogP contribution in [0.25, 0.3) is 0 Å². The zero-order valence-corrected chi connectivity index (χ0v) is 12.6. The Hall–Kier alpha value is -1.75. The maximum absolute atomic E-state index is 12.0. The molecule has 1 heterocycles. The van der Waals surface area contributed by atoms with Gasteiger partial charge in [0.1, 0.15) is 5.75 Å². The number of amides is 1. The van der Waals surface area contributed by atoms with E-state index in [1.165, 1.54) is 0 Å². The summed E-state index contributed by atoms with van der Waals surface area (Å²) in [7, 11) is 1.85. The molecule has 0 spiro atoms. The van der Waals surface area contributed by atoms with Gasteiger partial charge in [-0.15, -0.1) is 0 Å². The lowest BCUT2D eigenvalue weighted by Gasteiger charge is -2.27. The molecule has 0 saturated carbocycles. The summed E-state index contributed by atoms with van der Waals surface area (Å²) >= 11 is 0. The Morgan fingerprint density at radius 2 is 2.19 bits per heavy atom. The Morgan fingerprint density at radius 3 is 2.86 bits per heavy atom. The van der Waals surface area contributed by atoms with Crippen molar-refractivity contribution in [2.75, 3.05) is 39.1 Å². The lowest BCUT2D eigenvalue weighted by Crippen LogP contribution is -2.35. The number of hydrogen-bond donors (Lipinski definition) is 1. The van der Waals surface area contributed by atoms with E-state index in [-0.39, 0.29) is 5.91 Å². The topological polar surface area (TPSA) is 64.8 Å². The van der Waals surface area contributed by atoms with Gasteiger partial charge in [0.25, 0.3) is 0 Å². The predicted molar refractivity (Wildman–Crippen MR) is 82.1 cm³/mol. The molecule has 0 aliphatic carbocycles. The van der Waals surface area contributed by atoms with E-state index < -0.39 is 0 Å². The number of nitrogen functional groups attached to an aromatic ring is 1. The lowest BCUT2D eigenvalue weighted by atomic mass is 10.0. The molecular formula is C16H24N2O3. The molecule has 21 heavy (non-hydrogen) atoms. The van der Waals surface area contributed by atoms with Gasteiger partial charge in [-0.2, -0.15) is 0 Å². The van der Waals surface area contributed by atoms with Crippen LogP contribution in [0.2, 0.25) is 0 Å². The summed E-state index contributed by atoms with van der Waals surface area (Å²) in [6, 6.07) is 7.19. The summed E-state index contributed by atoms with van der Waals surface area (Å²) in [5.74, 6) is 1.31. The number of hydrogen-bond acceptors (Lipinski definition) is 4. The fourth-order valence-electron chi connectivity index (χ4n) is 2.45. The number of carbonyl (C=O) groups is 1. The van der Waals surface area contributed by atoms with Crippen LogP contribution < -0.4 is 10.5 Å². The number of carbonyl (C=O) groups excluding carboxylic acids is 1. The molecule has 1 aromatic carbocycles. The molecule has 5 nitrogen and oxygen atoms in total. The second-order valence-electron chi connectivity index (χ2n) is 5.52. The molecule has 0 radical (unpaired) electrons. The minimum absolute atomic E-state index is 0.107. The number of rotatable bonds is 6. The van der Waals surface area contributed by atoms with E-state index in [1.807, 2.05) is 19.2 Å². The second kappa shape index (κ2) is 7.88. The highest BCUT2D eigenvalue weighted by atomic mass is 16.5. The highest BCUT2D eigenvalue weighted by molar-refractivity contribution is 5.76. The summed E-state index contributed by atoms with van der Waals surface area (Å²) in [6.45, 7) is 2.76. The van der Waals surface area contributed by atoms with Crippen molar-refractivity contribution in [1.82, 2.24) is 4.90 Å². The van der Waals surface area contributed by atoms with E-state index in [9.17, 15) is 4.79 Å². The molecule has 1 aliphatic heterocycles. The monoisotopic (exact) mass is 292 g/mol. The van der Waals surface area contributed by atoms with Crippen LogP contribution in [0.3, 0.4) is 0 Å². The SMILES string of the molecule is CN(CC1CCCOC1)C(=O)CCOc1ccc(N)cc1. The standard InChI is InChI=1S/C16H24N2O3/c1-18(11-13-3-2-9-20-12-13)16(19)8-10-21-15-6-4-14(17)5-7-15/h4-7,13H,2-3,8-12,17H2,1H3. The number of benzene rings is 1. The van der Waals surface area contributed by atoms with Gasteiger partial charge in [0.15, 0.2) is 0 Å². The number of nitrogens with zero attached hydrogens (tertiary/aromatic N) is 1. The maximum Gasteiger partial charge on any atom is 0.225 e. The summed E-state index contributed by atoms with van der Waals surface area (Å²) in [5, 5.41) is 0. The molecule has 116 valence electrons. The van der Waals surface area contributed by atoms with Crippen LogP contribution in [0.5, 0.6) is 5.75 Å². The van der Waals surface area contributed by atoms with Crippen molar-refractivity contribution < 1.29 is 14.3 Å². The molecule has 0 bridgehead atoms. The third-order valence-electron chi connectivity index (χ3n) is 3.68. The van der Waals surface area contributed by atoms with E-state index in [0.29, 0.717) is 24.6 Å². The molecule has 2 rings (SSSR count). The molecule has 1 atom stereocenters. The second-order valence-corrected chi connectivity index (χ2v) is 5.52. The molecule has 1 unspecified atom stereocenters. The maximum atomic E-state index is 12.0. The molecule has 1 saturated heterocycles. The normalized spacial score (nSPS) is 18.2. The largest absolute Gasteiger partial charge is 0.493 e. The van der Waals surface area contributed by atoms with Gasteiger partial charge < -0.3 is 20.1 Å². The Balaban J connectivity index is 1.67. The van der Waals surface area contributed by atoms with Crippen LogP contribution in [0, 0.1) is 5.92 Å². The Labute approximate surface area is 126 Å². The number of ether oxygens (including phenoxy) is 2. The lowest BCUT2D eigenvalue weighted by molar-refractivity contribution is -0.131. The van der Waals surface area contributed by atoms with E-state index in [2.05, 4.69) is 0 Å². The van der Waals surface area contributed by atoms with Crippen LogP contribution in [0.4, 0.5) is 5.69 Å². The van der Waals surface area contributed by atoms with Gasteiger partial charge in [-0.05, 0) is 43.0 Å². The summed E-state index contributed by atoms with van der Waals surface area (Å²) < 4.78 is 11.0. The minimum Gasteiger partial charge on any atom is -0.493 e. The van der Waals surface area contributed by atoms with E-state index in [0.717, 1.165) is 38.3 Å². The molecule has 2 N–H and O–H groups in total. The molecule has 1 aromatic rings. The minimum atomic E-state index is 0.107. The van der Waals surface area contributed by atoms with Crippen molar-refractivity contribution in [1.29, 1.82) is 0 Å². The van der Waals surface area contributed by atoms with E-state index in [1.54, 1.807) is 17.0 Å². The summed E-state index contributed by atoms with van der Waals surface area (Å²) in [4.78, 5) is 13.8. The van der Waals surface area contributed by atoms with Crippen molar-refractivity contribution in [3.63, 3.8) is 0 Å². The molecule has 1 amide bonds. The zero-order chi connectivity index (χ0) is 15.1. The van der Waals surface area contributed by atoms with Crippen LogP contribution in [-0.2, 0) is 9.53 Å². The van der Waals surface area contributed by atoms with Crippen LogP contribution >= 0.6 is 0 Å². The first-order valence-electron chi connectivity index (χ1n) is 7.45. The van der Waals surface area contributed by atoms with Crippen LogP contribution in [0.1, 0.15) is 19.3 Å². The summed E-state index contributed by atoms with van der Waals surface area (Å²) in [5.41, 5.74) is 6.31. The average molecular weight is 292 g/mol. The van der Waals surface area contributed by atoms with Gasteiger partial charge in [0, 0.05) is 25.9 Å². The molecule has 1 aliphatic rings. The fraction of sp³-hybridized carbons (Fsp3) is 0.562. The van der Waals surface area contributed by atoms with Crippen LogP contribution in [0.15, 0.2) is 24.3 Å². The smallest absolute Gasteiger partial charge is 0.225 e. The van der Waals surface area contributed by atoms with Gasteiger partial charge in [0.05, 0.1) is 19.6 Å². The van der Waals surface area contributed by atoms with Gasteiger partial charge in [0.2, 0.25) is 5.91 Å². The first-order valence-corrected chi connectivity index (χ1v) is 7.45. The van der Waals surface area contributed by atoms with Crippen molar-refractivity contribution in [3.05, 3.63) is 24.3 Å². The average Bonchev–Trinajstić information content (AvgIpc) is 2.50. The zero-order valence-electron chi connectivity index (χ0n) is 12.6. The Kier molecular flexibility index (Phi) is 5.87. The molecule has 0 aromatic heterocycles. The highest BCUT2D eigenvalue weighted by Gasteiger charge is 2.18. The highest BCUT2D eigenvalue weighted by Crippen LogP contribution is 2.15. The fourth-order valence-corrected chi connectivity index (χ4v) is 2.45. The molecular weight excluding hydrogens is 268 g/mol. The van der Waals surface area contributed by atoms with E-state index in [4.69, 9.17) is 15.2 Å². The third-order valence-corrected chi connectivity index (χ3v) is 3.68. The third kappa shape index (κ3) is 5.27. The van der Waals surface area contributed by atoms with Crippen molar-refractivity contribution in [2.24, 2.45) is 5.92 Å². The first kappa shape index (κ1) is 15.6. The van der Waals surface area contributed by atoms with Gasteiger partial charge >= 0.3 is 0 Å². The predicted octanol–water partition coefficient (Wildman–Crippen LogP) is 1.92. The van der Waals surface area contributed by atoms with Gasteiger partial charge in [-0.25, -0.2) is 0 Å². The quantitative estimate of drug-likeness (QED) is 0.814. The number of anilines is 1. The van der Waals surface area contributed by atoms with Crippen molar-refractivity contribution in [3.8, 4) is 5.75 Å². The Bertz CT molecular complexity index is 441. The van der Waals surface area contributed by atoms with Crippen molar-refractivity contribution in [2.45, 2.75) is 19.3 Å². The first-order chi connectivity index (χ1) is 10.1. The molecule has 1 fully saturated rings. The van der Waals surface area contributed by atoms with Gasteiger partial charge in [-0.1, -0.05) is 0 Å². The van der Waals surface area contributed by atoms with E-state index >= 15 is 0 Å². The van der Waals surface area contributed by atoms with Gasteiger partial charge in [-0.3, -0.25) is 4.79 Å². The number of nitrogens with two attached hydrogens (primary N) is 1.